The van der Waals surface area contributed by atoms with Gasteiger partial charge in [0.15, 0.2) is 11.6 Å². The standard InChI is InChI=1S/C13H14BrN5/c1-7-5-16-12(17-6-7)13-18-10(8-3-4-8)9(14)11(15-2)19-13/h5-6,8H,3-4H2,1-2H3,(H,15,18,19). The van der Waals surface area contributed by atoms with E-state index < -0.39 is 0 Å². The van der Waals surface area contributed by atoms with Crippen molar-refractivity contribution in [1.82, 2.24) is 19.9 Å². The van der Waals surface area contributed by atoms with Gasteiger partial charge in [-0.1, -0.05) is 0 Å². The van der Waals surface area contributed by atoms with Crippen molar-refractivity contribution in [2.24, 2.45) is 0 Å². The predicted octanol–water partition coefficient (Wildman–Crippen LogP) is 2.92. The average molecular weight is 320 g/mol. The Morgan fingerprint density at radius 1 is 1.16 bits per heavy atom. The number of aromatic nitrogens is 4. The molecule has 98 valence electrons. The molecule has 3 rings (SSSR count). The Labute approximate surface area is 120 Å². The molecule has 2 aromatic rings. The van der Waals surface area contributed by atoms with E-state index in [2.05, 4.69) is 41.2 Å². The van der Waals surface area contributed by atoms with Gasteiger partial charge in [0, 0.05) is 25.4 Å². The van der Waals surface area contributed by atoms with Crippen molar-refractivity contribution in [3.8, 4) is 11.6 Å². The molecule has 1 aliphatic rings. The van der Waals surface area contributed by atoms with Crippen molar-refractivity contribution in [3.05, 3.63) is 28.1 Å². The molecule has 0 unspecified atom stereocenters. The van der Waals surface area contributed by atoms with Gasteiger partial charge in [-0.3, -0.25) is 0 Å². The van der Waals surface area contributed by atoms with Crippen LogP contribution in [0.2, 0.25) is 0 Å². The average Bonchev–Trinajstić information content (AvgIpc) is 3.24. The molecule has 0 radical (unpaired) electrons. The largest absolute Gasteiger partial charge is 0.372 e. The van der Waals surface area contributed by atoms with E-state index in [4.69, 9.17) is 0 Å². The highest BCUT2D eigenvalue weighted by Crippen LogP contribution is 2.44. The molecule has 19 heavy (non-hydrogen) atoms. The van der Waals surface area contributed by atoms with Crippen molar-refractivity contribution in [3.63, 3.8) is 0 Å². The van der Waals surface area contributed by atoms with Crippen molar-refractivity contribution >= 4 is 21.7 Å². The van der Waals surface area contributed by atoms with Crippen LogP contribution in [0.3, 0.4) is 0 Å². The summed E-state index contributed by atoms with van der Waals surface area (Å²) in [5.41, 5.74) is 2.08. The predicted molar refractivity (Wildman–Crippen MR) is 77.0 cm³/mol. The minimum absolute atomic E-state index is 0.536. The summed E-state index contributed by atoms with van der Waals surface area (Å²) in [6, 6.07) is 0. The van der Waals surface area contributed by atoms with Gasteiger partial charge in [0.2, 0.25) is 0 Å². The lowest BCUT2D eigenvalue weighted by Gasteiger charge is -2.09. The van der Waals surface area contributed by atoms with E-state index in [1.807, 2.05) is 14.0 Å². The van der Waals surface area contributed by atoms with E-state index in [1.165, 1.54) is 12.8 Å². The lowest BCUT2D eigenvalue weighted by Crippen LogP contribution is -2.04. The van der Waals surface area contributed by atoms with Gasteiger partial charge in [-0.25, -0.2) is 19.9 Å². The Balaban J connectivity index is 2.10. The Morgan fingerprint density at radius 3 is 2.42 bits per heavy atom. The molecule has 2 heterocycles. The molecule has 0 amide bonds. The molecule has 1 aliphatic carbocycles. The highest BCUT2D eigenvalue weighted by molar-refractivity contribution is 9.10. The molecule has 0 aliphatic heterocycles. The SMILES string of the molecule is CNc1nc(-c2ncc(C)cn2)nc(C2CC2)c1Br. The molecule has 0 aromatic carbocycles. The lowest BCUT2D eigenvalue weighted by molar-refractivity contribution is 0.961. The van der Waals surface area contributed by atoms with Gasteiger partial charge in [0.25, 0.3) is 0 Å². The summed E-state index contributed by atoms with van der Waals surface area (Å²) < 4.78 is 0.952. The number of hydrogen-bond acceptors (Lipinski definition) is 5. The van der Waals surface area contributed by atoms with Crippen LogP contribution in [0, 0.1) is 6.92 Å². The highest BCUT2D eigenvalue weighted by Gasteiger charge is 2.29. The molecular formula is C13H14BrN5. The molecule has 1 N–H and O–H groups in total. The maximum atomic E-state index is 4.62. The smallest absolute Gasteiger partial charge is 0.200 e. The summed E-state index contributed by atoms with van der Waals surface area (Å²) in [4.78, 5) is 17.7. The van der Waals surface area contributed by atoms with Crippen LogP contribution in [0.4, 0.5) is 5.82 Å². The van der Waals surface area contributed by atoms with Crippen LogP contribution in [0.15, 0.2) is 16.9 Å². The van der Waals surface area contributed by atoms with Crippen molar-refractivity contribution < 1.29 is 0 Å². The van der Waals surface area contributed by atoms with E-state index in [0.717, 1.165) is 21.5 Å². The fourth-order valence-electron chi connectivity index (χ4n) is 1.87. The molecule has 0 atom stereocenters. The molecule has 0 bridgehead atoms. The maximum Gasteiger partial charge on any atom is 0.200 e. The molecule has 5 nitrogen and oxygen atoms in total. The summed E-state index contributed by atoms with van der Waals surface area (Å²) in [7, 11) is 1.85. The zero-order valence-electron chi connectivity index (χ0n) is 10.8. The third-order valence-corrected chi connectivity index (χ3v) is 3.84. The van der Waals surface area contributed by atoms with Crippen LogP contribution in [-0.4, -0.2) is 27.0 Å². The molecular weight excluding hydrogens is 306 g/mol. The number of hydrogen-bond donors (Lipinski definition) is 1. The maximum absolute atomic E-state index is 4.62. The number of halogens is 1. The van der Waals surface area contributed by atoms with Crippen LogP contribution in [0.1, 0.15) is 30.0 Å². The summed E-state index contributed by atoms with van der Waals surface area (Å²) in [5, 5.41) is 3.09. The first kappa shape index (κ1) is 12.5. The van der Waals surface area contributed by atoms with Crippen molar-refractivity contribution in [2.45, 2.75) is 25.7 Å². The second-order valence-corrected chi connectivity index (χ2v) is 5.50. The highest BCUT2D eigenvalue weighted by atomic mass is 79.9. The third-order valence-electron chi connectivity index (χ3n) is 3.06. The Morgan fingerprint density at radius 2 is 1.84 bits per heavy atom. The van der Waals surface area contributed by atoms with Gasteiger partial charge in [-0.05, 0) is 41.3 Å². The van der Waals surface area contributed by atoms with E-state index in [1.54, 1.807) is 12.4 Å². The molecule has 0 spiro atoms. The molecule has 1 saturated carbocycles. The number of anilines is 1. The zero-order chi connectivity index (χ0) is 13.4. The van der Waals surface area contributed by atoms with Crippen LogP contribution in [0.5, 0.6) is 0 Å². The summed E-state index contributed by atoms with van der Waals surface area (Å²) in [6.07, 6.45) is 5.94. The second-order valence-electron chi connectivity index (χ2n) is 4.70. The van der Waals surface area contributed by atoms with Crippen LogP contribution in [0.25, 0.3) is 11.6 Å². The van der Waals surface area contributed by atoms with E-state index in [-0.39, 0.29) is 0 Å². The van der Waals surface area contributed by atoms with Gasteiger partial charge in [-0.15, -0.1) is 0 Å². The van der Waals surface area contributed by atoms with Crippen molar-refractivity contribution in [2.75, 3.05) is 12.4 Å². The minimum Gasteiger partial charge on any atom is -0.372 e. The Bertz CT molecular complexity index is 607. The van der Waals surface area contributed by atoms with Crippen LogP contribution >= 0.6 is 15.9 Å². The summed E-state index contributed by atoms with van der Waals surface area (Å²) >= 11 is 3.57. The summed E-state index contributed by atoms with van der Waals surface area (Å²) in [6.45, 7) is 1.96. The van der Waals surface area contributed by atoms with Crippen molar-refractivity contribution in [1.29, 1.82) is 0 Å². The summed E-state index contributed by atoms with van der Waals surface area (Å²) in [5.74, 6) is 2.47. The van der Waals surface area contributed by atoms with Gasteiger partial charge >= 0.3 is 0 Å². The first-order valence-electron chi connectivity index (χ1n) is 6.23. The molecule has 2 aromatic heterocycles. The topological polar surface area (TPSA) is 63.6 Å². The van der Waals surface area contributed by atoms with E-state index in [0.29, 0.717) is 17.6 Å². The Hall–Kier alpha value is -1.56. The number of aryl methyl sites for hydroxylation is 1. The minimum atomic E-state index is 0.536. The van der Waals surface area contributed by atoms with Crippen LogP contribution < -0.4 is 5.32 Å². The molecule has 1 fully saturated rings. The first-order chi connectivity index (χ1) is 9.19. The fraction of sp³-hybridized carbons (Fsp3) is 0.385. The second kappa shape index (κ2) is 4.85. The third kappa shape index (κ3) is 2.45. The monoisotopic (exact) mass is 319 g/mol. The van der Waals surface area contributed by atoms with E-state index in [9.17, 15) is 0 Å². The first-order valence-corrected chi connectivity index (χ1v) is 7.02. The Kier molecular flexibility index (Phi) is 3.18. The molecule has 6 heteroatoms. The van der Waals surface area contributed by atoms with Crippen LogP contribution in [-0.2, 0) is 0 Å². The number of nitrogens with zero attached hydrogens (tertiary/aromatic N) is 4. The van der Waals surface area contributed by atoms with Gasteiger partial charge in [-0.2, -0.15) is 0 Å². The van der Waals surface area contributed by atoms with E-state index >= 15 is 0 Å². The lowest BCUT2D eigenvalue weighted by atomic mass is 10.2. The van der Waals surface area contributed by atoms with Gasteiger partial charge in [0.1, 0.15) is 5.82 Å². The zero-order valence-corrected chi connectivity index (χ0v) is 12.4. The normalized spacial score (nSPS) is 14.5. The number of nitrogens with one attached hydrogen (secondary N) is 1. The van der Waals surface area contributed by atoms with Gasteiger partial charge < -0.3 is 5.32 Å². The van der Waals surface area contributed by atoms with Gasteiger partial charge in [0.05, 0.1) is 10.2 Å². The quantitative estimate of drug-likeness (QED) is 0.942. The number of rotatable bonds is 3. The molecule has 0 saturated heterocycles. The fourth-order valence-corrected chi connectivity index (χ4v) is 2.56.